The summed E-state index contributed by atoms with van der Waals surface area (Å²) in [6.07, 6.45) is 4.96. The standard InChI is InChI=1S/C15H15F3O/c16-12-5-11(6-13(17)15(12)18)14(19)7-10-4-8-1-2-9(10)3-8/h5-6,8-10H,1-4,7H2. The highest BCUT2D eigenvalue weighted by molar-refractivity contribution is 5.96. The van der Waals surface area contributed by atoms with Crippen LogP contribution < -0.4 is 0 Å². The number of hydrogen-bond donors (Lipinski definition) is 0. The van der Waals surface area contributed by atoms with Crippen LogP contribution in [0.1, 0.15) is 42.5 Å². The fourth-order valence-electron chi connectivity index (χ4n) is 3.70. The highest BCUT2D eigenvalue weighted by Gasteiger charge is 2.40. The molecule has 0 radical (unpaired) electrons. The second-order valence-electron chi connectivity index (χ2n) is 5.82. The molecule has 0 spiro atoms. The first kappa shape index (κ1) is 12.7. The van der Waals surface area contributed by atoms with Gasteiger partial charge in [-0.05, 0) is 49.1 Å². The first-order valence-electron chi connectivity index (χ1n) is 6.72. The van der Waals surface area contributed by atoms with Gasteiger partial charge in [-0.15, -0.1) is 0 Å². The highest BCUT2D eigenvalue weighted by atomic mass is 19.2. The van der Waals surface area contributed by atoms with E-state index in [1.54, 1.807) is 0 Å². The molecule has 0 aliphatic heterocycles. The Kier molecular flexibility index (Phi) is 3.11. The van der Waals surface area contributed by atoms with Gasteiger partial charge in [0.05, 0.1) is 0 Å². The summed E-state index contributed by atoms with van der Waals surface area (Å²) in [5, 5.41) is 0. The Hall–Kier alpha value is -1.32. The first-order chi connectivity index (χ1) is 9.04. The summed E-state index contributed by atoms with van der Waals surface area (Å²) in [4.78, 5) is 12.0. The van der Waals surface area contributed by atoms with Crippen molar-refractivity contribution in [2.45, 2.75) is 32.1 Å². The molecule has 0 saturated heterocycles. The molecule has 2 aliphatic rings. The molecule has 2 aliphatic carbocycles. The van der Waals surface area contributed by atoms with Gasteiger partial charge < -0.3 is 0 Å². The average Bonchev–Trinajstić information content (AvgIpc) is 2.97. The predicted octanol–water partition coefficient (Wildman–Crippen LogP) is 4.11. The number of hydrogen-bond acceptors (Lipinski definition) is 1. The van der Waals surface area contributed by atoms with Crippen LogP contribution in [-0.2, 0) is 0 Å². The van der Waals surface area contributed by atoms with Crippen molar-refractivity contribution in [1.82, 2.24) is 0 Å². The summed E-state index contributed by atoms with van der Waals surface area (Å²) >= 11 is 0. The minimum Gasteiger partial charge on any atom is -0.294 e. The van der Waals surface area contributed by atoms with Gasteiger partial charge in [-0.25, -0.2) is 13.2 Å². The maximum atomic E-state index is 13.1. The average molecular weight is 268 g/mol. The Morgan fingerprint density at radius 3 is 2.32 bits per heavy atom. The van der Waals surface area contributed by atoms with E-state index in [1.807, 2.05) is 0 Å². The molecule has 3 atom stereocenters. The third-order valence-corrected chi connectivity index (χ3v) is 4.64. The van der Waals surface area contributed by atoms with Crippen LogP contribution in [0.3, 0.4) is 0 Å². The summed E-state index contributed by atoms with van der Waals surface area (Å²) in [5.74, 6) is -2.74. The van der Waals surface area contributed by atoms with E-state index < -0.39 is 17.5 Å². The van der Waals surface area contributed by atoms with Crippen LogP contribution in [0.25, 0.3) is 0 Å². The summed E-state index contributed by atoms with van der Waals surface area (Å²) in [5.41, 5.74) is -0.0563. The van der Waals surface area contributed by atoms with Crippen molar-refractivity contribution in [2.24, 2.45) is 17.8 Å². The molecule has 4 heteroatoms. The zero-order valence-corrected chi connectivity index (χ0v) is 10.5. The smallest absolute Gasteiger partial charge is 0.194 e. The third kappa shape index (κ3) is 2.28. The normalized spacial score (nSPS) is 28.9. The molecule has 0 amide bonds. The largest absolute Gasteiger partial charge is 0.294 e. The van der Waals surface area contributed by atoms with Crippen LogP contribution in [-0.4, -0.2) is 5.78 Å². The molecule has 102 valence electrons. The molecule has 19 heavy (non-hydrogen) atoms. The van der Waals surface area contributed by atoms with Crippen LogP contribution in [0.4, 0.5) is 13.2 Å². The van der Waals surface area contributed by atoms with E-state index in [9.17, 15) is 18.0 Å². The van der Waals surface area contributed by atoms with Crippen LogP contribution in [0.2, 0.25) is 0 Å². The molecular weight excluding hydrogens is 253 g/mol. The Morgan fingerprint density at radius 1 is 1.11 bits per heavy atom. The Morgan fingerprint density at radius 2 is 1.79 bits per heavy atom. The summed E-state index contributed by atoms with van der Waals surface area (Å²) in [6, 6.07) is 1.60. The van der Waals surface area contributed by atoms with E-state index in [-0.39, 0.29) is 11.3 Å². The summed E-state index contributed by atoms with van der Waals surface area (Å²) < 4.78 is 39.0. The molecule has 1 aromatic rings. The van der Waals surface area contributed by atoms with Gasteiger partial charge in [0.2, 0.25) is 0 Å². The van der Waals surface area contributed by atoms with Crippen molar-refractivity contribution in [3.05, 3.63) is 35.1 Å². The molecule has 3 unspecified atom stereocenters. The number of carbonyl (C=O) groups is 1. The zero-order chi connectivity index (χ0) is 13.6. The summed E-state index contributed by atoms with van der Waals surface area (Å²) in [7, 11) is 0. The molecule has 1 nitrogen and oxygen atoms in total. The Balaban J connectivity index is 1.74. The van der Waals surface area contributed by atoms with Crippen LogP contribution in [0.15, 0.2) is 12.1 Å². The lowest BCUT2D eigenvalue weighted by Gasteiger charge is -2.20. The molecular formula is C15H15F3O. The minimum atomic E-state index is -1.52. The molecule has 1 aromatic carbocycles. The van der Waals surface area contributed by atoms with Crippen molar-refractivity contribution in [3.8, 4) is 0 Å². The predicted molar refractivity (Wildman–Crippen MR) is 64.2 cm³/mol. The van der Waals surface area contributed by atoms with Gasteiger partial charge in [-0.1, -0.05) is 6.42 Å². The van der Waals surface area contributed by atoms with Crippen molar-refractivity contribution in [2.75, 3.05) is 0 Å². The SMILES string of the molecule is O=C(CC1CC2CCC1C2)c1cc(F)c(F)c(F)c1. The second kappa shape index (κ2) is 4.66. The van der Waals surface area contributed by atoms with Gasteiger partial charge in [0.1, 0.15) is 0 Å². The van der Waals surface area contributed by atoms with Gasteiger partial charge in [0, 0.05) is 12.0 Å². The van der Waals surface area contributed by atoms with Crippen molar-refractivity contribution in [3.63, 3.8) is 0 Å². The van der Waals surface area contributed by atoms with Crippen LogP contribution >= 0.6 is 0 Å². The Labute approximate surface area is 109 Å². The van der Waals surface area contributed by atoms with E-state index in [2.05, 4.69) is 0 Å². The third-order valence-electron chi connectivity index (χ3n) is 4.64. The van der Waals surface area contributed by atoms with Crippen molar-refractivity contribution in [1.29, 1.82) is 0 Å². The minimum absolute atomic E-state index is 0.0563. The molecule has 2 saturated carbocycles. The molecule has 0 aromatic heterocycles. The molecule has 0 N–H and O–H groups in total. The van der Waals surface area contributed by atoms with E-state index >= 15 is 0 Å². The number of Topliss-reactive ketones (excluding diaryl/α,β-unsaturated/α-hetero) is 1. The van der Waals surface area contributed by atoms with E-state index in [1.165, 1.54) is 12.8 Å². The number of ketones is 1. The fraction of sp³-hybridized carbons (Fsp3) is 0.533. The number of carbonyl (C=O) groups excluding carboxylic acids is 1. The molecule has 2 bridgehead atoms. The van der Waals surface area contributed by atoms with E-state index in [4.69, 9.17) is 0 Å². The number of benzene rings is 1. The lowest BCUT2D eigenvalue weighted by Crippen LogP contribution is -2.15. The monoisotopic (exact) mass is 268 g/mol. The van der Waals surface area contributed by atoms with E-state index in [0.717, 1.165) is 30.9 Å². The molecule has 3 rings (SSSR count). The number of halogens is 3. The lowest BCUT2D eigenvalue weighted by molar-refractivity contribution is 0.0943. The quantitative estimate of drug-likeness (QED) is 0.595. The Bertz CT molecular complexity index is 503. The van der Waals surface area contributed by atoms with Crippen molar-refractivity contribution < 1.29 is 18.0 Å². The van der Waals surface area contributed by atoms with E-state index in [0.29, 0.717) is 18.3 Å². The van der Waals surface area contributed by atoms with Gasteiger partial charge in [-0.3, -0.25) is 4.79 Å². The van der Waals surface area contributed by atoms with Gasteiger partial charge in [0.25, 0.3) is 0 Å². The zero-order valence-electron chi connectivity index (χ0n) is 10.5. The number of fused-ring (bicyclic) bond motifs is 2. The van der Waals surface area contributed by atoms with Gasteiger partial charge in [-0.2, -0.15) is 0 Å². The first-order valence-corrected chi connectivity index (χ1v) is 6.72. The van der Waals surface area contributed by atoms with Gasteiger partial charge >= 0.3 is 0 Å². The van der Waals surface area contributed by atoms with Crippen LogP contribution in [0.5, 0.6) is 0 Å². The second-order valence-corrected chi connectivity index (χ2v) is 5.82. The summed E-state index contributed by atoms with van der Waals surface area (Å²) in [6.45, 7) is 0. The molecule has 0 heterocycles. The van der Waals surface area contributed by atoms with Gasteiger partial charge in [0.15, 0.2) is 23.2 Å². The highest BCUT2D eigenvalue weighted by Crippen LogP contribution is 2.49. The number of rotatable bonds is 3. The topological polar surface area (TPSA) is 17.1 Å². The van der Waals surface area contributed by atoms with Crippen molar-refractivity contribution >= 4 is 5.78 Å². The lowest BCUT2D eigenvalue weighted by atomic mass is 9.84. The van der Waals surface area contributed by atoms with Crippen LogP contribution in [0, 0.1) is 35.2 Å². The maximum Gasteiger partial charge on any atom is 0.194 e. The maximum absolute atomic E-state index is 13.1. The fourth-order valence-corrected chi connectivity index (χ4v) is 3.70. The molecule has 2 fully saturated rings.